The van der Waals surface area contributed by atoms with Crippen molar-refractivity contribution in [2.75, 3.05) is 0 Å². The highest BCUT2D eigenvalue weighted by molar-refractivity contribution is 6.08. The molecule has 0 amide bonds. The lowest BCUT2D eigenvalue weighted by atomic mass is 9.47. The van der Waals surface area contributed by atoms with Crippen LogP contribution in [0.3, 0.4) is 0 Å². The van der Waals surface area contributed by atoms with Gasteiger partial charge >= 0.3 is 0 Å². The summed E-state index contributed by atoms with van der Waals surface area (Å²) < 4.78 is 0. The standard InChI is InChI=1S/C19H27NO2/c1-18-7-3-4-14(18)13-11-17(20-22)16-10-12(21)5-9-19(16,2)15(13)6-8-18/h10,13-15,22H,3-9,11H2,1-2H3/b20-17-/t13-,14-,15-,18-,19+/m0/s1. The van der Waals surface area contributed by atoms with Crippen LogP contribution in [-0.2, 0) is 4.79 Å². The Balaban J connectivity index is 1.78. The van der Waals surface area contributed by atoms with Gasteiger partial charge in [0.25, 0.3) is 0 Å². The Hall–Kier alpha value is -1.12. The van der Waals surface area contributed by atoms with Gasteiger partial charge in [-0.3, -0.25) is 4.79 Å². The average molecular weight is 301 g/mol. The molecular formula is C19H27NO2. The predicted octanol–water partition coefficient (Wildman–Crippen LogP) is 4.35. The van der Waals surface area contributed by atoms with Crippen molar-refractivity contribution >= 4 is 11.5 Å². The van der Waals surface area contributed by atoms with E-state index in [9.17, 15) is 10.0 Å². The van der Waals surface area contributed by atoms with Crippen LogP contribution >= 0.6 is 0 Å². The minimum Gasteiger partial charge on any atom is -0.411 e. The van der Waals surface area contributed by atoms with Crippen LogP contribution < -0.4 is 0 Å². The molecule has 0 saturated heterocycles. The van der Waals surface area contributed by atoms with Crippen LogP contribution in [0.15, 0.2) is 16.8 Å². The van der Waals surface area contributed by atoms with E-state index in [0.717, 1.165) is 30.0 Å². The zero-order valence-corrected chi connectivity index (χ0v) is 13.8. The van der Waals surface area contributed by atoms with Gasteiger partial charge in [0.2, 0.25) is 0 Å². The second-order valence-corrected chi connectivity index (χ2v) is 8.65. The van der Waals surface area contributed by atoms with E-state index in [1.54, 1.807) is 6.08 Å². The molecule has 0 aromatic rings. The third-order valence-electron chi connectivity index (χ3n) is 7.71. The van der Waals surface area contributed by atoms with Crippen molar-refractivity contribution in [2.24, 2.45) is 33.7 Å². The maximum Gasteiger partial charge on any atom is 0.156 e. The SMILES string of the molecule is C[C@@]12CCC[C@H]1[C@@H]1C/C(=N/O)C3=CC(=O)CC[C@]3(C)[C@H]1CC2. The quantitative estimate of drug-likeness (QED) is 0.534. The number of oxime groups is 1. The molecule has 4 aliphatic carbocycles. The van der Waals surface area contributed by atoms with Crippen molar-refractivity contribution in [3.8, 4) is 0 Å². The van der Waals surface area contributed by atoms with Gasteiger partial charge in [-0.2, -0.15) is 0 Å². The Labute approximate surface area is 132 Å². The van der Waals surface area contributed by atoms with Crippen LogP contribution in [0.1, 0.15) is 65.2 Å². The highest BCUT2D eigenvalue weighted by atomic mass is 16.4. The Morgan fingerprint density at radius 2 is 2.00 bits per heavy atom. The van der Waals surface area contributed by atoms with Gasteiger partial charge in [-0.25, -0.2) is 0 Å². The second kappa shape index (κ2) is 4.69. The average Bonchev–Trinajstić information content (AvgIpc) is 2.89. The number of hydrogen-bond donors (Lipinski definition) is 1. The molecule has 3 heteroatoms. The summed E-state index contributed by atoms with van der Waals surface area (Å²) in [5.41, 5.74) is 2.40. The van der Waals surface area contributed by atoms with Crippen molar-refractivity contribution in [1.82, 2.24) is 0 Å². The van der Waals surface area contributed by atoms with Gasteiger partial charge < -0.3 is 5.21 Å². The van der Waals surface area contributed by atoms with E-state index in [1.165, 1.54) is 32.1 Å². The summed E-state index contributed by atoms with van der Waals surface area (Å²) in [5, 5.41) is 13.2. The molecule has 1 N–H and O–H groups in total. The molecule has 4 rings (SSSR count). The summed E-state index contributed by atoms with van der Waals surface area (Å²) >= 11 is 0. The first-order valence-electron chi connectivity index (χ1n) is 8.94. The van der Waals surface area contributed by atoms with E-state index in [-0.39, 0.29) is 11.2 Å². The zero-order valence-electron chi connectivity index (χ0n) is 13.8. The van der Waals surface area contributed by atoms with E-state index in [4.69, 9.17) is 0 Å². The molecule has 4 aliphatic rings. The summed E-state index contributed by atoms with van der Waals surface area (Å²) in [6.07, 6.45) is 10.9. The van der Waals surface area contributed by atoms with Crippen molar-refractivity contribution < 1.29 is 10.0 Å². The summed E-state index contributed by atoms with van der Waals surface area (Å²) in [4.78, 5) is 11.9. The Kier molecular flexibility index (Phi) is 3.08. The molecular weight excluding hydrogens is 274 g/mol. The molecule has 0 heterocycles. The van der Waals surface area contributed by atoms with Crippen LogP contribution in [0, 0.1) is 28.6 Å². The van der Waals surface area contributed by atoms with Gasteiger partial charge in [-0.1, -0.05) is 25.4 Å². The third kappa shape index (κ3) is 1.80. The Morgan fingerprint density at radius 3 is 2.77 bits per heavy atom. The van der Waals surface area contributed by atoms with Crippen LogP contribution in [0.2, 0.25) is 0 Å². The van der Waals surface area contributed by atoms with E-state index in [0.29, 0.717) is 23.7 Å². The minimum atomic E-state index is 0.0440. The normalized spacial score (nSPS) is 49.4. The van der Waals surface area contributed by atoms with Gasteiger partial charge in [0.15, 0.2) is 5.78 Å². The number of rotatable bonds is 0. The molecule has 3 nitrogen and oxygen atoms in total. The van der Waals surface area contributed by atoms with E-state index in [1.807, 2.05) is 0 Å². The highest BCUT2D eigenvalue weighted by Crippen LogP contribution is 2.64. The molecule has 3 saturated carbocycles. The molecule has 5 atom stereocenters. The lowest BCUT2D eigenvalue weighted by Crippen LogP contribution is -2.52. The molecule has 0 unspecified atom stereocenters. The van der Waals surface area contributed by atoms with Crippen LogP contribution in [0.5, 0.6) is 0 Å². The summed E-state index contributed by atoms with van der Waals surface area (Å²) in [5.74, 6) is 2.28. The fourth-order valence-electron chi connectivity index (χ4n) is 6.50. The first-order chi connectivity index (χ1) is 10.5. The number of ketones is 1. The molecule has 0 aromatic carbocycles. The summed E-state index contributed by atoms with van der Waals surface area (Å²) in [6.45, 7) is 4.81. The lowest BCUT2D eigenvalue weighted by molar-refractivity contribution is -0.116. The van der Waals surface area contributed by atoms with E-state index < -0.39 is 0 Å². The first-order valence-corrected chi connectivity index (χ1v) is 8.94. The highest BCUT2D eigenvalue weighted by Gasteiger charge is 2.57. The topological polar surface area (TPSA) is 49.7 Å². The lowest BCUT2D eigenvalue weighted by Gasteiger charge is -2.57. The minimum absolute atomic E-state index is 0.0440. The fourth-order valence-corrected chi connectivity index (χ4v) is 6.50. The Morgan fingerprint density at radius 1 is 1.18 bits per heavy atom. The maximum atomic E-state index is 11.9. The number of nitrogens with zero attached hydrogens (tertiary/aromatic N) is 1. The number of carbonyl (C=O) groups excluding carboxylic acids is 1. The fraction of sp³-hybridized carbons (Fsp3) is 0.789. The molecule has 22 heavy (non-hydrogen) atoms. The van der Waals surface area contributed by atoms with Gasteiger partial charge in [-0.15, -0.1) is 0 Å². The summed E-state index contributed by atoms with van der Waals surface area (Å²) in [7, 11) is 0. The second-order valence-electron chi connectivity index (χ2n) is 8.65. The van der Waals surface area contributed by atoms with Gasteiger partial charge in [0.05, 0.1) is 5.71 Å². The molecule has 0 radical (unpaired) electrons. The van der Waals surface area contributed by atoms with Crippen LogP contribution in [0.25, 0.3) is 0 Å². The monoisotopic (exact) mass is 301 g/mol. The van der Waals surface area contributed by atoms with Gasteiger partial charge in [0.1, 0.15) is 0 Å². The largest absolute Gasteiger partial charge is 0.411 e. The predicted molar refractivity (Wildman–Crippen MR) is 85.9 cm³/mol. The van der Waals surface area contributed by atoms with Crippen molar-refractivity contribution in [1.29, 1.82) is 0 Å². The molecule has 120 valence electrons. The smallest absolute Gasteiger partial charge is 0.156 e. The van der Waals surface area contributed by atoms with Crippen molar-refractivity contribution in [3.05, 3.63) is 11.6 Å². The van der Waals surface area contributed by atoms with E-state index in [2.05, 4.69) is 19.0 Å². The third-order valence-corrected chi connectivity index (χ3v) is 7.71. The number of hydrogen-bond acceptors (Lipinski definition) is 3. The van der Waals surface area contributed by atoms with Gasteiger partial charge in [0, 0.05) is 6.42 Å². The first kappa shape index (κ1) is 14.5. The van der Waals surface area contributed by atoms with Gasteiger partial charge in [-0.05, 0) is 78.8 Å². The zero-order chi connectivity index (χ0) is 15.5. The number of carbonyl (C=O) groups is 1. The molecule has 0 aromatic heterocycles. The van der Waals surface area contributed by atoms with E-state index >= 15 is 0 Å². The van der Waals surface area contributed by atoms with Crippen molar-refractivity contribution in [2.45, 2.75) is 65.2 Å². The Bertz CT molecular complexity index is 578. The van der Waals surface area contributed by atoms with Crippen LogP contribution in [0.4, 0.5) is 0 Å². The number of fused-ring (bicyclic) bond motifs is 5. The molecule has 3 fully saturated rings. The number of allylic oxidation sites excluding steroid dienone is 1. The molecule has 0 aliphatic heterocycles. The molecule has 0 bridgehead atoms. The molecule has 0 spiro atoms. The van der Waals surface area contributed by atoms with Crippen molar-refractivity contribution in [3.63, 3.8) is 0 Å². The van der Waals surface area contributed by atoms with Crippen LogP contribution in [-0.4, -0.2) is 16.7 Å². The summed E-state index contributed by atoms with van der Waals surface area (Å²) in [6, 6.07) is 0. The maximum absolute atomic E-state index is 11.9.